The van der Waals surface area contributed by atoms with Crippen LogP contribution < -0.4 is 0 Å². The summed E-state index contributed by atoms with van der Waals surface area (Å²) in [5.74, 6) is 0.0356. The van der Waals surface area contributed by atoms with E-state index in [-0.39, 0.29) is 18.0 Å². The SMILES string of the molecule is CCC(C)N(C)C(=O)C1=Cc2ccccc2C(c2ccccc2Cl)N1C. The molecule has 0 radical (unpaired) electrons. The number of carbonyl (C=O) groups excluding carboxylic acids is 1. The van der Waals surface area contributed by atoms with Crippen LogP contribution in [0.3, 0.4) is 0 Å². The first-order valence-corrected chi connectivity index (χ1v) is 9.38. The Balaban J connectivity index is 2.10. The van der Waals surface area contributed by atoms with E-state index in [1.54, 1.807) is 0 Å². The molecule has 0 aliphatic carbocycles. The number of amides is 1. The van der Waals surface area contributed by atoms with Gasteiger partial charge in [0.15, 0.2) is 0 Å². The van der Waals surface area contributed by atoms with E-state index in [9.17, 15) is 4.79 Å². The van der Waals surface area contributed by atoms with Gasteiger partial charge in [-0.25, -0.2) is 0 Å². The molecule has 0 saturated carbocycles. The maximum absolute atomic E-state index is 13.2. The first-order valence-electron chi connectivity index (χ1n) is 9.00. The molecule has 0 N–H and O–H groups in total. The summed E-state index contributed by atoms with van der Waals surface area (Å²) in [4.78, 5) is 17.0. The minimum atomic E-state index is -0.0887. The average molecular weight is 369 g/mol. The van der Waals surface area contributed by atoms with Crippen molar-refractivity contribution in [2.45, 2.75) is 32.4 Å². The molecule has 26 heavy (non-hydrogen) atoms. The van der Waals surface area contributed by atoms with Gasteiger partial charge in [-0.05, 0) is 42.2 Å². The molecule has 1 heterocycles. The lowest BCUT2D eigenvalue weighted by Gasteiger charge is -2.38. The standard InChI is InChI=1S/C22H25ClN2O/c1-5-15(2)24(3)22(26)20-14-16-10-6-7-11-17(16)21(25(20)4)18-12-8-9-13-19(18)23/h6-15,21H,5H2,1-4H3. The molecule has 0 aromatic heterocycles. The predicted octanol–water partition coefficient (Wildman–Crippen LogP) is 4.97. The van der Waals surface area contributed by atoms with Gasteiger partial charge in [0.25, 0.3) is 5.91 Å². The van der Waals surface area contributed by atoms with Crippen LogP contribution in [0.25, 0.3) is 6.08 Å². The van der Waals surface area contributed by atoms with Crippen molar-refractivity contribution in [2.24, 2.45) is 0 Å². The fraction of sp³-hybridized carbons (Fsp3) is 0.318. The molecule has 2 unspecified atom stereocenters. The van der Waals surface area contributed by atoms with Gasteiger partial charge in [0, 0.05) is 25.2 Å². The molecule has 1 amide bonds. The van der Waals surface area contributed by atoms with E-state index in [0.29, 0.717) is 10.7 Å². The Morgan fingerprint density at radius 3 is 2.42 bits per heavy atom. The Labute approximate surface area is 160 Å². The zero-order valence-corrected chi connectivity index (χ0v) is 16.5. The monoisotopic (exact) mass is 368 g/mol. The highest BCUT2D eigenvalue weighted by Gasteiger charge is 2.33. The largest absolute Gasteiger partial charge is 0.359 e. The highest BCUT2D eigenvalue weighted by molar-refractivity contribution is 6.31. The van der Waals surface area contributed by atoms with Gasteiger partial charge in [-0.3, -0.25) is 4.79 Å². The molecule has 1 aliphatic rings. The third-order valence-corrected chi connectivity index (χ3v) is 5.69. The molecule has 0 saturated heterocycles. The number of benzene rings is 2. The molecule has 0 fully saturated rings. The van der Waals surface area contributed by atoms with E-state index in [1.165, 1.54) is 0 Å². The molecule has 0 spiro atoms. The summed E-state index contributed by atoms with van der Waals surface area (Å²) in [6, 6.07) is 16.2. The van der Waals surface area contributed by atoms with Crippen LogP contribution in [0.15, 0.2) is 54.2 Å². The second-order valence-electron chi connectivity index (χ2n) is 6.87. The molecule has 4 heteroatoms. The smallest absolute Gasteiger partial charge is 0.270 e. The first-order chi connectivity index (χ1) is 12.5. The van der Waals surface area contributed by atoms with Gasteiger partial charge in [-0.15, -0.1) is 0 Å². The number of fused-ring (bicyclic) bond motifs is 1. The molecule has 3 nitrogen and oxygen atoms in total. The van der Waals surface area contributed by atoms with Gasteiger partial charge in [0.2, 0.25) is 0 Å². The minimum absolute atomic E-state index is 0.0356. The van der Waals surface area contributed by atoms with Crippen LogP contribution in [-0.4, -0.2) is 35.8 Å². The number of rotatable bonds is 4. The van der Waals surface area contributed by atoms with Crippen LogP contribution in [0.2, 0.25) is 5.02 Å². The van der Waals surface area contributed by atoms with Crippen molar-refractivity contribution in [3.8, 4) is 0 Å². The van der Waals surface area contributed by atoms with Crippen molar-refractivity contribution >= 4 is 23.6 Å². The number of carbonyl (C=O) groups is 1. The van der Waals surface area contributed by atoms with E-state index in [2.05, 4.69) is 26.0 Å². The van der Waals surface area contributed by atoms with Gasteiger partial charge >= 0.3 is 0 Å². The van der Waals surface area contributed by atoms with Crippen LogP contribution >= 0.6 is 11.6 Å². The lowest BCUT2D eigenvalue weighted by atomic mass is 9.89. The van der Waals surface area contributed by atoms with Crippen LogP contribution in [0.1, 0.15) is 43.0 Å². The average Bonchev–Trinajstić information content (AvgIpc) is 2.66. The number of nitrogens with zero attached hydrogens (tertiary/aromatic N) is 2. The summed E-state index contributed by atoms with van der Waals surface area (Å²) in [6.07, 6.45) is 2.91. The van der Waals surface area contributed by atoms with E-state index < -0.39 is 0 Å². The molecule has 3 rings (SSSR count). The summed E-state index contributed by atoms with van der Waals surface area (Å²) in [5.41, 5.74) is 3.92. The molecule has 0 bridgehead atoms. The van der Waals surface area contributed by atoms with Crippen molar-refractivity contribution in [1.82, 2.24) is 9.80 Å². The number of hydrogen-bond acceptors (Lipinski definition) is 2. The molecule has 2 atom stereocenters. The van der Waals surface area contributed by atoms with Crippen molar-refractivity contribution in [1.29, 1.82) is 0 Å². The second-order valence-corrected chi connectivity index (χ2v) is 7.27. The summed E-state index contributed by atoms with van der Waals surface area (Å²) in [7, 11) is 3.84. The molecule has 1 aliphatic heterocycles. The molecule has 2 aromatic carbocycles. The van der Waals surface area contributed by atoms with E-state index in [0.717, 1.165) is 23.1 Å². The maximum atomic E-state index is 13.2. The van der Waals surface area contributed by atoms with Crippen LogP contribution in [0.4, 0.5) is 0 Å². The Kier molecular flexibility index (Phi) is 5.38. The van der Waals surface area contributed by atoms with Crippen molar-refractivity contribution in [3.63, 3.8) is 0 Å². The number of likely N-dealkylation sites (N-methyl/N-ethyl adjacent to an activating group) is 2. The third-order valence-electron chi connectivity index (χ3n) is 5.34. The van der Waals surface area contributed by atoms with Crippen molar-refractivity contribution in [2.75, 3.05) is 14.1 Å². The van der Waals surface area contributed by atoms with E-state index in [1.807, 2.05) is 66.4 Å². The van der Waals surface area contributed by atoms with E-state index in [4.69, 9.17) is 11.6 Å². The maximum Gasteiger partial charge on any atom is 0.270 e. The Morgan fingerprint density at radius 2 is 1.77 bits per heavy atom. The zero-order chi connectivity index (χ0) is 18.8. The normalized spacial score (nSPS) is 17.3. The lowest BCUT2D eigenvalue weighted by molar-refractivity contribution is -0.129. The first kappa shape index (κ1) is 18.5. The van der Waals surface area contributed by atoms with Gasteiger partial charge in [-0.2, -0.15) is 0 Å². The summed E-state index contributed by atoms with van der Waals surface area (Å²) < 4.78 is 0. The molecular formula is C22H25ClN2O. The van der Waals surface area contributed by atoms with Crippen molar-refractivity contribution in [3.05, 3.63) is 75.9 Å². The lowest BCUT2D eigenvalue weighted by Crippen LogP contribution is -2.41. The number of halogens is 1. The van der Waals surface area contributed by atoms with Crippen molar-refractivity contribution < 1.29 is 4.79 Å². The third kappa shape index (κ3) is 3.24. The summed E-state index contributed by atoms with van der Waals surface area (Å²) in [6.45, 7) is 4.16. The van der Waals surface area contributed by atoms with Crippen LogP contribution in [0.5, 0.6) is 0 Å². The highest BCUT2D eigenvalue weighted by Crippen LogP contribution is 2.40. The van der Waals surface area contributed by atoms with Gasteiger partial charge in [0.05, 0.1) is 6.04 Å². The number of hydrogen-bond donors (Lipinski definition) is 0. The molecular weight excluding hydrogens is 344 g/mol. The zero-order valence-electron chi connectivity index (χ0n) is 15.7. The molecule has 2 aromatic rings. The Hall–Kier alpha value is -2.26. The Morgan fingerprint density at radius 1 is 1.15 bits per heavy atom. The van der Waals surface area contributed by atoms with Gasteiger partial charge in [0.1, 0.15) is 5.70 Å². The molecule has 136 valence electrons. The quantitative estimate of drug-likeness (QED) is 0.760. The van der Waals surface area contributed by atoms with Crippen LogP contribution in [-0.2, 0) is 4.79 Å². The predicted molar refractivity (Wildman–Crippen MR) is 108 cm³/mol. The fourth-order valence-electron chi connectivity index (χ4n) is 3.43. The van der Waals surface area contributed by atoms with E-state index >= 15 is 0 Å². The second kappa shape index (κ2) is 7.55. The highest BCUT2D eigenvalue weighted by atomic mass is 35.5. The Bertz CT molecular complexity index is 846. The minimum Gasteiger partial charge on any atom is -0.359 e. The van der Waals surface area contributed by atoms with Crippen LogP contribution in [0, 0.1) is 0 Å². The summed E-state index contributed by atoms with van der Waals surface area (Å²) in [5, 5.41) is 0.711. The topological polar surface area (TPSA) is 23.6 Å². The fourth-order valence-corrected chi connectivity index (χ4v) is 3.67. The summed E-state index contributed by atoms with van der Waals surface area (Å²) >= 11 is 6.51. The van der Waals surface area contributed by atoms with Gasteiger partial charge < -0.3 is 9.80 Å². The van der Waals surface area contributed by atoms with Gasteiger partial charge in [-0.1, -0.05) is 61.0 Å².